The summed E-state index contributed by atoms with van der Waals surface area (Å²) in [6, 6.07) is 15.0. The van der Waals surface area contributed by atoms with E-state index in [0.29, 0.717) is 33.5 Å². The number of hydrogen-bond donors (Lipinski definition) is 2. The Hall–Kier alpha value is -3.59. The van der Waals surface area contributed by atoms with E-state index >= 15 is 0 Å². The smallest absolute Gasteiger partial charge is 0.455 e. The van der Waals surface area contributed by atoms with Gasteiger partial charge in [-0.3, -0.25) is 13.7 Å². The van der Waals surface area contributed by atoms with Crippen LogP contribution in [0.5, 0.6) is 0 Å². The molecule has 2 fully saturated rings. The molecule has 2 heterocycles. The minimum Gasteiger partial charge on any atom is -0.455 e. The average molecular weight is 679 g/mol. The van der Waals surface area contributed by atoms with Crippen LogP contribution in [0.4, 0.5) is 10.1 Å². The predicted octanol–water partition coefficient (Wildman–Crippen LogP) is 6.04. The molecule has 1 aliphatic carbocycles. The molecule has 254 valence electrons. The van der Waals surface area contributed by atoms with Crippen molar-refractivity contribution >= 4 is 46.4 Å². The molecule has 1 unspecified atom stereocenters. The fourth-order valence-corrected chi connectivity index (χ4v) is 6.53. The lowest BCUT2D eigenvalue weighted by Gasteiger charge is -2.32. The Morgan fingerprint density at radius 2 is 1.77 bits per heavy atom. The van der Waals surface area contributed by atoms with Crippen molar-refractivity contribution in [2.45, 2.75) is 70.8 Å². The third kappa shape index (κ3) is 6.67. The summed E-state index contributed by atoms with van der Waals surface area (Å²) >= 11 is -2.42. The number of halogens is 1. The van der Waals surface area contributed by atoms with Crippen LogP contribution in [0.25, 0.3) is 22.3 Å². The number of anilines is 1. The summed E-state index contributed by atoms with van der Waals surface area (Å²) in [5.74, 6) is -0.316. The van der Waals surface area contributed by atoms with Gasteiger partial charge in [0.2, 0.25) is 0 Å². The second-order valence-corrected chi connectivity index (χ2v) is 14.1. The third-order valence-corrected chi connectivity index (χ3v) is 10.1. The van der Waals surface area contributed by atoms with Crippen LogP contribution in [0.2, 0.25) is 0 Å². The van der Waals surface area contributed by atoms with Gasteiger partial charge in [0.05, 0.1) is 35.6 Å². The summed E-state index contributed by atoms with van der Waals surface area (Å²) in [6.07, 6.45) is 1.82. The van der Waals surface area contributed by atoms with Crippen molar-refractivity contribution in [3.8, 4) is 11.3 Å². The Labute approximate surface area is 282 Å². The van der Waals surface area contributed by atoms with Crippen LogP contribution in [0.15, 0.2) is 59.0 Å². The number of benzene rings is 3. The number of carbonyl (C=O) groups is 1. The van der Waals surface area contributed by atoms with Crippen LogP contribution in [0.3, 0.4) is 0 Å². The molecule has 0 radical (unpaired) electrons. The Balaban J connectivity index is 1.41. The molecular formula is C35H40BFN2O8S. The molecule has 3 aromatic carbocycles. The maximum Gasteiger partial charge on any atom is 0.495 e. The Morgan fingerprint density at radius 3 is 2.38 bits per heavy atom. The Kier molecular flexibility index (Phi) is 9.55. The van der Waals surface area contributed by atoms with Gasteiger partial charge in [-0.05, 0) is 98.9 Å². The summed E-state index contributed by atoms with van der Waals surface area (Å²) in [5, 5.41) is 3.26. The molecule has 6 rings (SSSR count). The summed E-state index contributed by atoms with van der Waals surface area (Å²) < 4.78 is 68.7. The second kappa shape index (κ2) is 13.4. The molecule has 2 N–H and O–H groups in total. The van der Waals surface area contributed by atoms with Crippen LogP contribution in [0, 0.1) is 5.82 Å². The minimum atomic E-state index is -2.42. The molecule has 10 nitrogen and oxygen atoms in total. The highest BCUT2D eigenvalue weighted by molar-refractivity contribution is 7.80. The molecule has 1 saturated heterocycles. The predicted molar refractivity (Wildman–Crippen MR) is 183 cm³/mol. The summed E-state index contributed by atoms with van der Waals surface area (Å²) in [7, 11) is 2.46. The van der Waals surface area contributed by atoms with E-state index in [0.717, 1.165) is 35.0 Å². The van der Waals surface area contributed by atoms with Crippen molar-refractivity contribution in [2.24, 2.45) is 0 Å². The number of furan rings is 1. The van der Waals surface area contributed by atoms with Crippen molar-refractivity contribution in [2.75, 3.05) is 25.3 Å². The number of amides is 1. The van der Waals surface area contributed by atoms with Crippen LogP contribution in [0.1, 0.15) is 73.5 Å². The van der Waals surface area contributed by atoms with Gasteiger partial charge in [-0.2, -0.15) is 0 Å². The largest absolute Gasteiger partial charge is 0.495 e. The zero-order valence-corrected chi connectivity index (χ0v) is 28.7. The van der Waals surface area contributed by atoms with Gasteiger partial charge in [0.1, 0.15) is 24.0 Å². The quantitative estimate of drug-likeness (QED) is 0.0806. The first-order valence-corrected chi connectivity index (χ1v) is 16.9. The van der Waals surface area contributed by atoms with E-state index in [9.17, 15) is 17.9 Å². The van der Waals surface area contributed by atoms with Gasteiger partial charge in [-0.15, -0.1) is 0 Å². The number of carbonyl (C=O) groups excluding carboxylic acids is 1. The Bertz CT molecular complexity index is 1840. The van der Waals surface area contributed by atoms with E-state index in [1.165, 1.54) is 23.5 Å². The van der Waals surface area contributed by atoms with E-state index in [4.69, 9.17) is 23.2 Å². The van der Waals surface area contributed by atoms with Crippen LogP contribution in [-0.2, 0) is 43.2 Å². The van der Waals surface area contributed by atoms with Gasteiger partial charge in [0.25, 0.3) is 17.2 Å². The maximum absolute atomic E-state index is 13.7. The first-order valence-electron chi connectivity index (χ1n) is 15.8. The van der Waals surface area contributed by atoms with Gasteiger partial charge in [-0.25, -0.2) is 8.60 Å². The minimum absolute atomic E-state index is 0.0864. The summed E-state index contributed by atoms with van der Waals surface area (Å²) in [5.41, 5.74) is 3.88. The fourth-order valence-electron chi connectivity index (χ4n) is 5.95. The second-order valence-electron chi connectivity index (χ2n) is 13.2. The summed E-state index contributed by atoms with van der Waals surface area (Å²) in [6.45, 7) is 8.35. The van der Waals surface area contributed by atoms with E-state index < -0.39 is 35.4 Å². The van der Waals surface area contributed by atoms with E-state index in [-0.39, 0.29) is 31.8 Å². The highest BCUT2D eigenvalue weighted by Gasteiger charge is 2.52. The zero-order valence-electron chi connectivity index (χ0n) is 27.9. The maximum atomic E-state index is 13.7. The van der Waals surface area contributed by atoms with Gasteiger partial charge in [0.15, 0.2) is 0 Å². The molecule has 48 heavy (non-hydrogen) atoms. The first kappa shape index (κ1) is 34.3. The molecule has 1 saturated carbocycles. The highest BCUT2D eigenvalue weighted by atomic mass is 32.2. The lowest BCUT2D eigenvalue weighted by molar-refractivity contribution is -0.0389. The SMILES string of the molecule is CNC(=O)c1c(-c2ccc(F)cc2)oc2cc(N(Cc3ccc(B4OC(C)(C)C(C)(C)O4)c(COCOC)c3)S(=O)O)c(C3CC3)cc12. The Morgan fingerprint density at radius 1 is 1.08 bits per heavy atom. The average Bonchev–Trinajstić information content (AvgIpc) is 3.78. The number of hydrogen-bond acceptors (Lipinski definition) is 7. The number of methoxy groups -OCH3 is 1. The van der Waals surface area contributed by atoms with Crippen molar-refractivity contribution < 1.29 is 41.1 Å². The summed E-state index contributed by atoms with van der Waals surface area (Å²) in [4.78, 5) is 13.2. The lowest BCUT2D eigenvalue weighted by Crippen LogP contribution is -2.41. The first-order chi connectivity index (χ1) is 22.8. The topological polar surface area (TPSA) is 120 Å². The van der Waals surface area contributed by atoms with Gasteiger partial charge >= 0.3 is 7.12 Å². The molecule has 2 aliphatic rings. The van der Waals surface area contributed by atoms with Gasteiger partial charge in [-0.1, -0.05) is 18.2 Å². The molecule has 0 spiro atoms. The fraction of sp³-hybridized carbons (Fsp3) is 0.400. The zero-order chi connectivity index (χ0) is 34.4. The monoisotopic (exact) mass is 678 g/mol. The molecule has 4 aromatic rings. The van der Waals surface area contributed by atoms with Crippen molar-refractivity contribution in [3.63, 3.8) is 0 Å². The van der Waals surface area contributed by atoms with Crippen molar-refractivity contribution in [3.05, 3.63) is 82.7 Å². The number of ether oxygens (including phenoxy) is 2. The van der Waals surface area contributed by atoms with Gasteiger partial charge < -0.3 is 28.5 Å². The third-order valence-electron chi connectivity index (χ3n) is 9.37. The number of nitrogens with one attached hydrogen (secondary N) is 1. The lowest BCUT2D eigenvalue weighted by atomic mass is 9.75. The number of fused-ring (bicyclic) bond motifs is 1. The molecule has 13 heteroatoms. The van der Waals surface area contributed by atoms with Crippen LogP contribution in [-0.4, -0.2) is 53.9 Å². The molecule has 0 bridgehead atoms. The van der Waals surface area contributed by atoms with Crippen molar-refractivity contribution in [1.82, 2.24) is 5.32 Å². The number of rotatable bonds is 12. The molecular weight excluding hydrogens is 638 g/mol. The molecule has 1 aromatic heterocycles. The van der Waals surface area contributed by atoms with E-state index in [1.54, 1.807) is 25.3 Å². The standard InChI is InChI=1S/C35H40BFN2O8S/c1-34(2)35(3,4)47-36(46-34)28-14-7-21(15-24(28)19-44-20-43-6)18-39(48(41)42)29-17-30-27(16-26(29)22-8-9-22)31(33(40)38-5)32(45-30)23-10-12-25(37)13-11-23/h7,10-17,22H,8-9,18-20H2,1-6H3,(H,38,40)(H,41,42). The molecule has 1 amide bonds. The van der Waals surface area contributed by atoms with Crippen LogP contribution < -0.4 is 15.1 Å². The highest BCUT2D eigenvalue weighted by Crippen LogP contribution is 2.48. The normalized spacial score (nSPS) is 17.5. The van der Waals surface area contributed by atoms with Crippen LogP contribution >= 0.6 is 0 Å². The van der Waals surface area contributed by atoms with E-state index in [2.05, 4.69) is 5.32 Å². The molecule has 1 aliphatic heterocycles. The number of nitrogens with zero attached hydrogens (tertiary/aromatic N) is 1. The van der Waals surface area contributed by atoms with Gasteiger partial charge in [0, 0.05) is 31.2 Å². The van der Waals surface area contributed by atoms with Crippen molar-refractivity contribution in [1.29, 1.82) is 0 Å². The van der Waals surface area contributed by atoms with E-state index in [1.807, 2.05) is 52.0 Å². The molecule has 1 atom stereocenters.